The highest BCUT2D eigenvalue weighted by Crippen LogP contribution is 2.14. The van der Waals surface area contributed by atoms with E-state index < -0.39 is 11.9 Å². The lowest BCUT2D eigenvalue weighted by Gasteiger charge is -2.29. The number of nitrogens with zero attached hydrogens (tertiary/aromatic N) is 1. The summed E-state index contributed by atoms with van der Waals surface area (Å²) in [5.41, 5.74) is 0.233. The van der Waals surface area contributed by atoms with E-state index in [-0.39, 0.29) is 37.0 Å². The molecule has 1 unspecified atom stereocenters. The van der Waals surface area contributed by atoms with Crippen LogP contribution in [0.25, 0.3) is 0 Å². The third kappa shape index (κ3) is 6.70. The zero-order valence-corrected chi connectivity index (χ0v) is 14.7. The van der Waals surface area contributed by atoms with Gasteiger partial charge in [-0.3, -0.25) is 9.59 Å². The maximum Gasteiger partial charge on any atom is 0.334 e. The molecule has 7 heteroatoms. The van der Waals surface area contributed by atoms with E-state index in [1.165, 1.54) is 0 Å². The van der Waals surface area contributed by atoms with Crippen LogP contribution in [0, 0.1) is 5.92 Å². The Balaban J connectivity index is 2.68. The van der Waals surface area contributed by atoms with Gasteiger partial charge in [-0.1, -0.05) is 13.0 Å². The molecule has 0 aromatic heterocycles. The van der Waals surface area contributed by atoms with Gasteiger partial charge in [-0.25, -0.2) is 4.79 Å². The van der Waals surface area contributed by atoms with E-state index in [1.807, 2.05) is 0 Å². The molecule has 1 rings (SSSR count). The molecular weight excluding hydrogens is 314 g/mol. The van der Waals surface area contributed by atoms with Crippen LogP contribution >= 0.6 is 0 Å². The van der Waals surface area contributed by atoms with Crippen molar-refractivity contribution >= 4 is 17.8 Å². The van der Waals surface area contributed by atoms with Crippen LogP contribution in [-0.4, -0.2) is 62.3 Å². The summed E-state index contributed by atoms with van der Waals surface area (Å²) in [6.45, 7) is 7.94. The summed E-state index contributed by atoms with van der Waals surface area (Å²) in [5, 5.41) is 0. The first-order valence-electron chi connectivity index (χ1n) is 8.37. The molecule has 0 aliphatic carbocycles. The Morgan fingerprint density at radius 3 is 2.33 bits per heavy atom. The van der Waals surface area contributed by atoms with Crippen molar-refractivity contribution in [2.24, 2.45) is 5.92 Å². The van der Waals surface area contributed by atoms with Crippen molar-refractivity contribution in [1.29, 1.82) is 0 Å². The third-order valence-corrected chi connectivity index (χ3v) is 3.64. The maximum absolute atomic E-state index is 12.4. The van der Waals surface area contributed by atoms with Gasteiger partial charge >= 0.3 is 11.9 Å². The molecule has 1 aliphatic heterocycles. The summed E-state index contributed by atoms with van der Waals surface area (Å²) >= 11 is 0. The second-order valence-corrected chi connectivity index (χ2v) is 5.51. The van der Waals surface area contributed by atoms with Gasteiger partial charge in [0.15, 0.2) is 0 Å². The number of hydrogen-bond donors (Lipinski definition) is 0. The number of amides is 1. The molecule has 1 aliphatic rings. The minimum atomic E-state index is -0.545. The molecule has 1 amide bonds. The van der Waals surface area contributed by atoms with Gasteiger partial charge in [-0.2, -0.15) is 0 Å². The Labute approximate surface area is 142 Å². The van der Waals surface area contributed by atoms with E-state index >= 15 is 0 Å². The molecule has 0 aromatic rings. The number of carbonyl (C=O) groups excluding carboxylic acids is 3. The van der Waals surface area contributed by atoms with E-state index in [0.29, 0.717) is 32.7 Å². The predicted molar refractivity (Wildman–Crippen MR) is 87.1 cm³/mol. The first kappa shape index (κ1) is 20.2. The zero-order valence-electron chi connectivity index (χ0n) is 14.7. The molecule has 1 saturated heterocycles. The Kier molecular flexibility index (Phi) is 9.07. The lowest BCUT2D eigenvalue weighted by Crippen LogP contribution is -2.43. The highest BCUT2D eigenvalue weighted by molar-refractivity contribution is 5.94. The molecule has 0 spiro atoms. The minimum Gasteiger partial charge on any atom is -0.466 e. The highest BCUT2D eigenvalue weighted by atomic mass is 16.5. The van der Waals surface area contributed by atoms with Crippen molar-refractivity contribution in [2.45, 2.75) is 33.6 Å². The topological polar surface area (TPSA) is 82.1 Å². The van der Waals surface area contributed by atoms with Crippen LogP contribution < -0.4 is 0 Å². The quantitative estimate of drug-likeness (QED) is 0.489. The minimum absolute atomic E-state index is 0.0221. The molecular formula is C17H27NO6. The average Bonchev–Trinajstić information content (AvgIpc) is 2.58. The first-order chi connectivity index (χ1) is 11.5. The summed E-state index contributed by atoms with van der Waals surface area (Å²) in [5.74, 6) is -1.29. The van der Waals surface area contributed by atoms with E-state index in [2.05, 4.69) is 0 Å². The van der Waals surface area contributed by atoms with Crippen LogP contribution in [0.2, 0.25) is 0 Å². The normalized spacial score (nSPS) is 16.5. The first-order valence-corrected chi connectivity index (χ1v) is 8.37. The zero-order chi connectivity index (χ0) is 17.9. The molecule has 0 radical (unpaired) electrons. The number of esters is 2. The van der Waals surface area contributed by atoms with Gasteiger partial charge in [-0.05, 0) is 20.3 Å². The van der Waals surface area contributed by atoms with E-state index in [1.54, 1.807) is 31.7 Å². The second-order valence-electron chi connectivity index (χ2n) is 5.51. The summed E-state index contributed by atoms with van der Waals surface area (Å²) in [6, 6.07) is 0. The number of carbonyl (C=O) groups is 3. The summed E-state index contributed by atoms with van der Waals surface area (Å²) in [7, 11) is 0. The number of ether oxygens (including phenoxy) is 3. The fourth-order valence-corrected chi connectivity index (χ4v) is 2.33. The molecule has 0 bridgehead atoms. The Bertz CT molecular complexity index is 468. The van der Waals surface area contributed by atoms with Gasteiger partial charge in [0.25, 0.3) is 0 Å². The highest BCUT2D eigenvalue weighted by Gasteiger charge is 2.23. The lowest BCUT2D eigenvalue weighted by atomic mass is 10.0. The van der Waals surface area contributed by atoms with Crippen molar-refractivity contribution in [2.75, 3.05) is 39.5 Å². The van der Waals surface area contributed by atoms with Gasteiger partial charge in [0.05, 0.1) is 32.8 Å². The second kappa shape index (κ2) is 10.8. The molecule has 1 fully saturated rings. The molecule has 0 N–H and O–H groups in total. The van der Waals surface area contributed by atoms with Gasteiger partial charge in [-0.15, -0.1) is 0 Å². The lowest BCUT2D eigenvalue weighted by molar-refractivity contribution is -0.145. The molecule has 1 heterocycles. The molecule has 7 nitrogen and oxygen atoms in total. The SMILES string of the molecule is CCOC(=O)C/C(=C\CC(C)C(=O)N1CCOCC1)C(=O)OCC. The van der Waals surface area contributed by atoms with Gasteiger partial charge in [0, 0.05) is 24.6 Å². The van der Waals surface area contributed by atoms with Gasteiger partial charge < -0.3 is 19.1 Å². The summed E-state index contributed by atoms with van der Waals surface area (Å²) in [4.78, 5) is 37.7. The smallest absolute Gasteiger partial charge is 0.334 e. The third-order valence-electron chi connectivity index (χ3n) is 3.64. The fraction of sp³-hybridized carbons (Fsp3) is 0.706. The van der Waals surface area contributed by atoms with Crippen LogP contribution in [0.5, 0.6) is 0 Å². The monoisotopic (exact) mass is 341 g/mol. The Morgan fingerprint density at radius 2 is 1.75 bits per heavy atom. The van der Waals surface area contributed by atoms with Crippen molar-refractivity contribution in [1.82, 2.24) is 4.90 Å². The van der Waals surface area contributed by atoms with Crippen molar-refractivity contribution < 1.29 is 28.6 Å². The van der Waals surface area contributed by atoms with E-state index in [9.17, 15) is 14.4 Å². The van der Waals surface area contributed by atoms with Crippen LogP contribution in [0.4, 0.5) is 0 Å². The largest absolute Gasteiger partial charge is 0.466 e. The van der Waals surface area contributed by atoms with Gasteiger partial charge in [0.1, 0.15) is 0 Å². The van der Waals surface area contributed by atoms with Crippen molar-refractivity contribution in [3.05, 3.63) is 11.6 Å². The molecule has 1 atom stereocenters. The number of rotatable bonds is 8. The van der Waals surface area contributed by atoms with Crippen molar-refractivity contribution in [3.63, 3.8) is 0 Å². The molecule has 0 saturated carbocycles. The van der Waals surface area contributed by atoms with Crippen LogP contribution in [0.1, 0.15) is 33.6 Å². The molecule has 0 aromatic carbocycles. The van der Waals surface area contributed by atoms with Crippen molar-refractivity contribution in [3.8, 4) is 0 Å². The Hall–Kier alpha value is -1.89. The van der Waals surface area contributed by atoms with Crippen LogP contribution in [0.15, 0.2) is 11.6 Å². The number of hydrogen-bond acceptors (Lipinski definition) is 6. The predicted octanol–water partition coefficient (Wildman–Crippen LogP) is 1.31. The van der Waals surface area contributed by atoms with E-state index in [4.69, 9.17) is 14.2 Å². The summed E-state index contributed by atoms with van der Waals surface area (Å²) in [6.07, 6.45) is 1.83. The number of allylic oxidation sites excluding steroid dienone is 1. The number of morpholine rings is 1. The van der Waals surface area contributed by atoms with Crippen LogP contribution in [-0.2, 0) is 28.6 Å². The maximum atomic E-state index is 12.4. The molecule has 24 heavy (non-hydrogen) atoms. The average molecular weight is 341 g/mol. The van der Waals surface area contributed by atoms with Crippen LogP contribution in [0.3, 0.4) is 0 Å². The van der Waals surface area contributed by atoms with E-state index in [0.717, 1.165) is 0 Å². The fourth-order valence-electron chi connectivity index (χ4n) is 2.33. The standard InChI is InChI=1S/C17H27NO6/c1-4-23-15(19)12-14(17(21)24-5-2)7-6-13(3)16(20)18-8-10-22-11-9-18/h7,13H,4-6,8-12H2,1-3H3/b14-7+. The van der Waals surface area contributed by atoms with Gasteiger partial charge in [0.2, 0.25) is 5.91 Å². The molecule has 136 valence electrons. The Morgan fingerprint density at radius 1 is 1.12 bits per heavy atom. The summed E-state index contributed by atoms with van der Waals surface area (Å²) < 4.78 is 15.1.